The Balaban J connectivity index is 1.55. The van der Waals surface area contributed by atoms with Crippen molar-refractivity contribution >= 4 is 22.7 Å². The Morgan fingerprint density at radius 2 is 1.66 bits per heavy atom. The first-order valence-electron chi connectivity index (χ1n) is 13.2. The molecule has 2 amide bonds. The summed E-state index contributed by atoms with van der Waals surface area (Å²) in [5.41, 5.74) is -0.263. The van der Waals surface area contributed by atoms with E-state index in [9.17, 15) is 35.9 Å². The molecule has 0 radical (unpaired) electrons. The van der Waals surface area contributed by atoms with Crippen molar-refractivity contribution in [1.29, 1.82) is 0 Å². The zero-order valence-electron chi connectivity index (χ0n) is 22.9. The fourth-order valence-electron chi connectivity index (χ4n) is 4.95. The van der Waals surface area contributed by atoms with Gasteiger partial charge in [-0.05, 0) is 53.9 Å². The third kappa shape index (κ3) is 6.41. The number of alkyl halides is 3. The molecule has 2 aromatic heterocycles. The molecule has 7 nitrogen and oxygen atoms in total. The molecule has 0 saturated heterocycles. The van der Waals surface area contributed by atoms with E-state index in [0.29, 0.717) is 17.2 Å². The van der Waals surface area contributed by atoms with Crippen LogP contribution in [0, 0.1) is 17.5 Å². The number of rotatable bonds is 8. The number of halogens is 6. The minimum atomic E-state index is -4.77. The predicted molar refractivity (Wildman–Crippen MR) is 149 cm³/mol. The Hall–Kier alpha value is -5.20. The summed E-state index contributed by atoms with van der Waals surface area (Å²) in [6, 6.07) is 14.3. The number of hydrogen-bond donors (Lipinski definition) is 2. The molecule has 2 heterocycles. The van der Waals surface area contributed by atoms with Gasteiger partial charge in [-0.1, -0.05) is 30.3 Å². The second kappa shape index (κ2) is 12.2. The van der Waals surface area contributed by atoms with Crippen LogP contribution in [0.4, 0.5) is 26.3 Å². The Morgan fingerprint density at radius 1 is 0.932 bits per heavy atom. The van der Waals surface area contributed by atoms with Crippen molar-refractivity contribution in [2.45, 2.75) is 25.2 Å². The Bertz CT molecular complexity index is 1850. The number of nitrogens with zero attached hydrogens (tertiary/aromatic N) is 3. The summed E-state index contributed by atoms with van der Waals surface area (Å²) < 4.78 is 84.5. The summed E-state index contributed by atoms with van der Waals surface area (Å²) in [6.07, 6.45) is -3.54. The van der Waals surface area contributed by atoms with Gasteiger partial charge in [0.15, 0.2) is 5.69 Å². The monoisotopic (exact) mass is 611 g/mol. The lowest BCUT2D eigenvalue weighted by Crippen LogP contribution is -2.34. The average molecular weight is 612 g/mol. The lowest BCUT2D eigenvalue weighted by Gasteiger charge is -2.22. The average Bonchev–Trinajstić information content (AvgIpc) is 3.35. The van der Waals surface area contributed by atoms with E-state index < -0.39 is 53.7 Å². The molecule has 13 heteroatoms. The van der Waals surface area contributed by atoms with E-state index in [1.54, 1.807) is 12.1 Å². The Morgan fingerprint density at radius 3 is 2.36 bits per heavy atom. The molecule has 0 spiro atoms. The predicted octanol–water partition coefficient (Wildman–Crippen LogP) is 5.99. The zero-order valence-corrected chi connectivity index (χ0v) is 22.9. The van der Waals surface area contributed by atoms with Gasteiger partial charge in [0.25, 0.3) is 5.91 Å². The second-order valence-corrected chi connectivity index (χ2v) is 9.83. The number of pyridine rings is 1. The van der Waals surface area contributed by atoms with Crippen LogP contribution in [0.25, 0.3) is 22.0 Å². The van der Waals surface area contributed by atoms with Crippen molar-refractivity contribution in [3.05, 3.63) is 119 Å². The molecule has 0 fully saturated rings. The molecule has 5 rings (SSSR count). The highest BCUT2D eigenvalue weighted by atomic mass is 19.4. The molecule has 0 unspecified atom stereocenters. The van der Waals surface area contributed by atoms with Gasteiger partial charge in [-0.2, -0.15) is 18.3 Å². The van der Waals surface area contributed by atoms with Crippen LogP contribution < -0.4 is 10.6 Å². The van der Waals surface area contributed by atoms with Crippen LogP contribution in [-0.4, -0.2) is 33.6 Å². The van der Waals surface area contributed by atoms with Gasteiger partial charge >= 0.3 is 6.18 Å². The van der Waals surface area contributed by atoms with Crippen LogP contribution in [0.2, 0.25) is 0 Å². The van der Waals surface area contributed by atoms with Crippen molar-refractivity contribution in [3.63, 3.8) is 0 Å². The van der Waals surface area contributed by atoms with Crippen molar-refractivity contribution in [2.75, 3.05) is 7.05 Å². The van der Waals surface area contributed by atoms with Crippen LogP contribution in [0.5, 0.6) is 0 Å². The summed E-state index contributed by atoms with van der Waals surface area (Å²) in [6.45, 7) is -0.621. The molecule has 5 aromatic rings. The van der Waals surface area contributed by atoms with Crippen LogP contribution in [0.3, 0.4) is 0 Å². The third-order valence-corrected chi connectivity index (χ3v) is 6.83. The van der Waals surface area contributed by atoms with Crippen molar-refractivity contribution in [3.8, 4) is 11.1 Å². The fraction of sp³-hybridized carbons (Fsp3) is 0.161. The quantitative estimate of drug-likeness (QED) is 0.211. The van der Waals surface area contributed by atoms with Crippen molar-refractivity contribution < 1.29 is 35.9 Å². The van der Waals surface area contributed by atoms with Gasteiger partial charge in [-0.3, -0.25) is 19.3 Å². The number of hydrogen-bond acceptors (Lipinski definition) is 4. The zero-order chi connectivity index (χ0) is 31.6. The highest BCUT2D eigenvalue weighted by Crippen LogP contribution is 2.34. The number of benzene rings is 3. The molecule has 0 saturated carbocycles. The maximum Gasteiger partial charge on any atom is 0.435 e. The molecule has 3 aromatic carbocycles. The molecule has 0 aliphatic rings. The summed E-state index contributed by atoms with van der Waals surface area (Å²) >= 11 is 0. The van der Waals surface area contributed by atoms with Crippen LogP contribution >= 0.6 is 0 Å². The third-order valence-electron chi connectivity index (χ3n) is 6.83. The first-order valence-corrected chi connectivity index (χ1v) is 13.2. The van der Waals surface area contributed by atoms with E-state index in [4.69, 9.17) is 0 Å². The number of fused-ring (bicyclic) bond motifs is 1. The standard InChI is InChI=1S/C31H23F6N5O2/c1-38-30(44)23-14-18(8-9-24(23)34)21-6-4-10-39-28(21)25(13-17-11-19(32)15-20(33)12-17)40-27(43)16-42-26-7-3-2-5-22(26)29(41-42)31(35,36)37/h2-12,14-15,25H,13,16H2,1H3,(H,38,44)(H,40,43)/t25-/m0/s1. The molecular weight excluding hydrogens is 588 g/mol. The smallest absolute Gasteiger partial charge is 0.355 e. The van der Waals surface area contributed by atoms with Gasteiger partial charge in [0.05, 0.1) is 22.8 Å². The van der Waals surface area contributed by atoms with E-state index in [0.717, 1.165) is 22.9 Å². The van der Waals surface area contributed by atoms with Crippen molar-refractivity contribution in [2.24, 2.45) is 0 Å². The number of amides is 2. The summed E-state index contributed by atoms with van der Waals surface area (Å²) in [5, 5.41) is 8.52. The number of para-hydroxylation sites is 1. The van der Waals surface area contributed by atoms with Gasteiger partial charge < -0.3 is 10.6 Å². The van der Waals surface area contributed by atoms with Crippen molar-refractivity contribution in [1.82, 2.24) is 25.4 Å². The lowest BCUT2D eigenvalue weighted by atomic mass is 9.94. The number of nitrogens with one attached hydrogen (secondary N) is 2. The van der Waals surface area contributed by atoms with E-state index >= 15 is 0 Å². The first kappa shape index (κ1) is 30.3. The summed E-state index contributed by atoms with van der Waals surface area (Å²) in [5.74, 6) is -3.94. The second-order valence-electron chi connectivity index (χ2n) is 9.83. The maximum atomic E-state index is 14.4. The minimum Gasteiger partial charge on any atom is -0.355 e. The lowest BCUT2D eigenvalue weighted by molar-refractivity contribution is -0.140. The normalized spacial score (nSPS) is 12.2. The van der Waals surface area contributed by atoms with Gasteiger partial charge in [0.1, 0.15) is 24.0 Å². The van der Waals surface area contributed by atoms with Gasteiger partial charge in [0, 0.05) is 30.3 Å². The van der Waals surface area contributed by atoms with E-state index in [1.807, 2.05) is 0 Å². The largest absolute Gasteiger partial charge is 0.435 e. The summed E-state index contributed by atoms with van der Waals surface area (Å²) in [4.78, 5) is 30.0. The highest BCUT2D eigenvalue weighted by molar-refractivity contribution is 5.95. The van der Waals surface area contributed by atoms with Crippen LogP contribution in [-0.2, 0) is 23.9 Å². The Kier molecular flexibility index (Phi) is 8.39. The fourth-order valence-corrected chi connectivity index (χ4v) is 4.95. The topological polar surface area (TPSA) is 88.9 Å². The molecule has 0 aliphatic carbocycles. The number of carbonyl (C=O) groups excluding carboxylic acids is 2. The summed E-state index contributed by atoms with van der Waals surface area (Å²) in [7, 11) is 1.34. The molecular formula is C31H23F6N5O2. The maximum absolute atomic E-state index is 14.4. The molecule has 226 valence electrons. The van der Waals surface area contributed by atoms with E-state index in [-0.39, 0.29) is 34.1 Å². The molecule has 1 atom stereocenters. The Labute approximate surface area is 246 Å². The molecule has 2 N–H and O–H groups in total. The SMILES string of the molecule is CNC(=O)c1cc(-c2cccnc2[C@H](Cc2cc(F)cc(F)c2)NC(=O)Cn2nc(C(F)(F)F)c3ccccc32)ccc1F. The van der Waals surface area contributed by atoms with Crippen LogP contribution in [0.1, 0.15) is 33.4 Å². The van der Waals surface area contributed by atoms with Gasteiger partial charge in [-0.25, -0.2) is 13.2 Å². The highest BCUT2D eigenvalue weighted by Gasteiger charge is 2.37. The number of aromatic nitrogens is 3. The van der Waals surface area contributed by atoms with Crippen LogP contribution in [0.15, 0.2) is 79.0 Å². The van der Waals surface area contributed by atoms with Gasteiger partial charge in [-0.15, -0.1) is 0 Å². The van der Waals surface area contributed by atoms with E-state index in [2.05, 4.69) is 20.7 Å². The minimum absolute atomic E-state index is 0.0743. The molecule has 0 bridgehead atoms. The first-order chi connectivity index (χ1) is 20.9. The molecule has 0 aliphatic heterocycles. The van der Waals surface area contributed by atoms with E-state index in [1.165, 1.54) is 49.6 Å². The number of carbonyl (C=O) groups is 2. The molecule has 44 heavy (non-hydrogen) atoms. The van der Waals surface area contributed by atoms with Gasteiger partial charge in [0.2, 0.25) is 5.91 Å².